The average molecular weight is 594 g/mol. The maximum Gasteiger partial charge on any atom is 0.159 e. The molecule has 0 radical (unpaired) electrons. The zero-order valence-corrected chi connectivity index (χ0v) is 25.6. The molecule has 2 aliphatic rings. The number of hydrogen-bond donors (Lipinski definition) is 1. The van der Waals surface area contributed by atoms with Gasteiger partial charge in [0, 0.05) is 39.1 Å². The smallest absolute Gasteiger partial charge is 0.159 e. The third-order valence-corrected chi connectivity index (χ3v) is 9.51. The fourth-order valence-electron chi connectivity index (χ4n) is 7.18. The number of pyridine rings is 1. The normalized spacial score (nSPS) is 16.4. The summed E-state index contributed by atoms with van der Waals surface area (Å²) in [5, 5.41) is 6.02. The van der Waals surface area contributed by atoms with Gasteiger partial charge in [-0.15, -0.1) is 0 Å². The second-order valence-electron chi connectivity index (χ2n) is 12.6. The van der Waals surface area contributed by atoms with E-state index in [1.54, 1.807) is 0 Å². The zero-order chi connectivity index (χ0) is 30.8. The van der Waals surface area contributed by atoms with Crippen LogP contribution >= 0.6 is 0 Å². The van der Waals surface area contributed by atoms with E-state index in [0.717, 1.165) is 33.9 Å². The van der Waals surface area contributed by atoms with Crippen molar-refractivity contribution >= 4 is 33.5 Å². The van der Waals surface area contributed by atoms with Gasteiger partial charge in [-0.2, -0.15) is 0 Å². The van der Waals surface area contributed by atoms with Crippen LogP contribution in [0.4, 0.5) is 0 Å². The molecular weight excluding hydrogens is 562 g/mol. The van der Waals surface area contributed by atoms with E-state index in [-0.39, 0.29) is 11.6 Å². The number of benzene rings is 5. The molecule has 7 aromatic rings. The Labute approximate surface area is 267 Å². The average Bonchev–Trinajstić information content (AvgIpc) is 3.56. The molecule has 46 heavy (non-hydrogen) atoms. The first-order valence-corrected chi connectivity index (χ1v) is 15.7. The van der Waals surface area contributed by atoms with Gasteiger partial charge in [-0.3, -0.25) is 4.57 Å². The summed E-state index contributed by atoms with van der Waals surface area (Å²) in [6, 6.07) is 46.8. The van der Waals surface area contributed by atoms with Crippen LogP contribution in [0.15, 0.2) is 150 Å². The van der Waals surface area contributed by atoms with Gasteiger partial charge in [0.2, 0.25) is 0 Å². The molecule has 1 unspecified atom stereocenters. The lowest BCUT2D eigenvalue weighted by atomic mass is 9.82. The van der Waals surface area contributed by atoms with Crippen molar-refractivity contribution in [3.63, 3.8) is 0 Å². The molecule has 2 aromatic heterocycles. The van der Waals surface area contributed by atoms with Crippen molar-refractivity contribution in [3.8, 4) is 16.9 Å². The molecule has 0 amide bonds. The predicted molar refractivity (Wildman–Crippen MR) is 188 cm³/mol. The lowest BCUT2D eigenvalue weighted by Crippen LogP contribution is -2.33. The summed E-state index contributed by atoms with van der Waals surface area (Å²) in [7, 11) is 0. The molecule has 5 aromatic carbocycles. The van der Waals surface area contributed by atoms with Crippen LogP contribution in [0.5, 0.6) is 0 Å². The Morgan fingerprint density at radius 1 is 0.630 bits per heavy atom. The second kappa shape index (κ2) is 10.1. The highest BCUT2D eigenvalue weighted by Crippen LogP contribution is 2.50. The molecule has 9 rings (SSSR count). The van der Waals surface area contributed by atoms with Crippen molar-refractivity contribution in [1.82, 2.24) is 14.9 Å². The van der Waals surface area contributed by atoms with Crippen molar-refractivity contribution in [2.75, 3.05) is 0 Å². The van der Waals surface area contributed by atoms with Crippen LogP contribution in [0.2, 0.25) is 0 Å². The first kappa shape index (κ1) is 26.6. The Morgan fingerprint density at radius 2 is 1.35 bits per heavy atom. The van der Waals surface area contributed by atoms with Crippen LogP contribution in [0.1, 0.15) is 47.8 Å². The van der Waals surface area contributed by atoms with Gasteiger partial charge in [0.25, 0.3) is 0 Å². The summed E-state index contributed by atoms with van der Waals surface area (Å²) in [5.41, 5.74) is 10.6. The van der Waals surface area contributed by atoms with Gasteiger partial charge >= 0.3 is 0 Å². The van der Waals surface area contributed by atoms with Gasteiger partial charge in [-0.05, 0) is 52.6 Å². The number of para-hydroxylation sites is 1. The van der Waals surface area contributed by atoms with Crippen LogP contribution in [-0.4, -0.2) is 21.2 Å². The summed E-state index contributed by atoms with van der Waals surface area (Å²) in [6.45, 7) is 4.66. The Balaban J connectivity index is 1.16. The first-order chi connectivity index (χ1) is 22.6. The number of rotatable bonds is 4. The highest BCUT2D eigenvalue weighted by Gasteiger charge is 2.36. The standard InChI is InChI=1S/C41H31N5/c1-41(2)33-19-11-9-17-29(33)31-23-32-30-18-10-12-20-35(30)46(36(32)24-34(31)41)37-22-21-28(25-42-37)40-44-38(26-13-5-3-6-14-26)43-39(45-40)27-15-7-4-8-16-27/h3-25,40H,1-2H3,(H,43,44,45). The lowest BCUT2D eigenvalue weighted by molar-refractivity contribution is 0.661. The van der Waals surface area contributed by atoms with Gasteiger partial charge in [0.1, 0.15) is 17.8 Å². The van der Waals surface area contributed by atoms with Gasteiger partial charge in [-0.25, -0.2) is 15.0 Å². The fourth-order valence-corrected chi connectivity index (χ4v) is 7.18. The van der Waals surface area contributed by atoms with E-state index >= 15 is 0 Å². The molecule has 3 heterocycles. The number of hydrogen-bond acceptors (Lipinski definition) is 4. The van der Waals surface area contributed by atoms with E-state index < -0.39 is 0 Å². The second-order valence-corrected chi connectivity index (χ2v) is 12.6. The molecule has 0 spiro atoms. The van der Waals surface area contributed by atoms with E-state index in [4.69, 9.17) is 15.0 Å². The highest BCUT2D eigenvalue weighted by atomic mass is 15.2. The molecule has 1 aliphatic carbocycles. The lowest BCUT2D eigenvalue weighted by Gasteiger charge is -2.23. The molecule has 1 aliphatic heterocycles. The summed E-state index contributed by atoms with van der Waals surface area (Å²) in [4.78, 5) is 15.0. The molecule has 0 saturated heterocycles. The number of aromatic nitrogens is 2. The Bertz CT molecular complexity index is 2350. The Kier molecular flexibility index (Phi) is 5.84. The van der Waals surface area contributed by atoms with Crippen LogP contribution < -0.4 is 5.32 Å². The molecule has 5 nitrogen and oxygen atoms in total. The Hall–Kier alpha value is -5.81. The van der Waals surface area contributed by atoms with Crippen molar-refractivity contribution in [2.24, 2.45) is 9.98 Å². The third kappa shape index (κ3) is 4.05. The number of aliphatic imine (C=N–C) groups is 2. The minimum absolute atomic E-state index is 0.0855. The van der Waals surface area contributed by atoms with Gasteiger partial charge in [-0.1, -0.05) is 117 Å². The molecule has 0 saturated carbocycles. The van der Waals surface area contributed by atoms with E-state index in [2.05, 4.69) is 109 Å². The first-order valence-electron chi connectivity index (χ1n) is 15.7. The molecule has 5 heteroatoms. The van der Waals surface area contributed by atoms with Crippen LogP contribution in [0.25, 0.3) is 38.8 Å². The van der Waals surface area contributed by atoms with Crippen LogP contribution in [0, 0.1) is 0 Å². The molecule has 220 valence electrons. The molecular formula is C41H31N5. The van der Waals surface area contributed by atoms with E-state index in [9.17, 15) is 0 Å². The fraction of sp³-hybridized carbons (Fsp3) is 0.0976. The van der Waals surface area contributed by atoms with E-state index in [1.807, 2.05) is 54.7 Å². The van der Waals surface area contributed by atoms with Gasteiger partial charge < -0.3 is 5.32 Å². The summed E-state index contributed by atoms with van der Waals surface area (Å²) < 4.78 is 2.30. The van der Waals surface area contributed by atoms with Crippen molar-refractivity contribution in [1.29, 1.82) is 0 Å². The minimum atomic E-state index is -0.329. The monoisotopic (exact) mass is 593 g/mol. The van der Waals surface area contributed by atoms with Crippen molar-refractivity contribution < 1.29 is 0 Å². The Morgan fingerprint density at radius 3 is 2.13 bits per heavy atom. The summed E-state index contributed by atoms with van der Waals surface area (Å²) in [6.07, 6.45) is 1.62. The number of amidine groups is 2. The number of nitrogens with zero attached hydrogens (tertiary/aromatic N) is 4. The molecule has 0 bridgehead atoms. The molecule has 1 N–H and O–H groups in total. The van der Waals surface area contributed by atoms with Crippen LogP contribution in [0.3, 0.4) is 0 Å². The maximum absolute atomic E-state index is 5.08. The zero-order valence-electron chi connectivity index (χ0n) is 25.6. The van der Waals surface area contributed by atoms with Gasteiger partial charge in [0.15, 0.2) is 5.84 Å². The minimum Gasteiger partial charge on any atom is -0.344 e. The quantitative estimate of drug-likeness (QED) is 0.221. The van der Waals surface area contributed by atoms with Gasteiger partial charge in [0.05, 0.1) is 11.0 Å². The SMILES string of the molecule is CC1(C)c2ccccc2-c2cc3c4ccccc4n(-c4ccc(C5N=C(c6ccccc6)N=C(c6ccccc6)N5)cn4)c3cc21. The summed E-state index contributed by atoms with van der Waals surface area (Å²) in [5.74, 6) is 2.37. The number of fused-ring (bicyclic) bond motifs is 6. The number of nitrogens with one attached hydrogen (secondary N) is 1. The van der Waals surface area contributed by atoms with E-state index in [1.165, 1.54) is 38.5 Å². The third-order valence-electron chi connectivity index (χ3n) is 9.51. The highest BCUT2D eigenvalue weighted by molar-refractivity contribution is 6.13. The van der Waals surface area contributed by atoms with E-state index in [0.29, 0.717) is 5.84 Å². The maximum atomic E-state index is 5.08. The topological polar surface area (TPSA) is 54.6 Å². The van der Waals surface area contributed by atoms with Crippen LogP contribution in [-0.2, 0) is 5.41 Å². The predicted octanol–water partition coefficient (Wildman–Crippen LogP) is 8.98. The van der Waals surface area contributed by atoms with Crippen molar-refractivity contribution in [3.05, 3.63) is 167 Å². The summed E-state index contributed by atoms with van der Waals surface area (Å²) >= 11 is 0. The molecule has 0 fully saturated rings. The largest absolute Gasteiger partial charge is 0.344 e. The van der Waals surface area contributed by atoms with Crippen molar-refractivity contribution in [2.45, 2.75) is 25.4 Å². The molecule has 1 atom stereocenters.